The van der Waals surface area contributed by atoms with Crippen LogP contribution < -0.4 is 10.3 Å². The molecule has 0 radical (unpaired) electrons. The molecule has 0 aromatic heterocycles. The number of esters is 1. The topological polar surface area (TPSA) is 71.0 Å². The Balaban J connectivity index is 1.62. The molecule has 0 bridgehead atoms. The molecule has 1 N–H and O–H groups in total. The lowest BCUT2D eigenvalue weighted by Crippen LogP contribution is -2.38. The highest BCUT2D eigenvalue weighted by Gasteiger charge is 2.18. The average molecular weight is 351 g/mol. The summed E-state index contributed by atoms with van der Waals surface area (Å²) >= 11 is 0. The highest BCUT2D eigenvalue weighted by Crippen LogP contribution is 2.26. The number of carbonyl (C=O) groups excluding carboxylic acids is 2. The number of para-hydroxylation sites is 1. The second kappa shape index (κ2) is 8.29. The number of hydrogen-bond acceptors (Lipinski definition) is 5. The second-order valence-electron chi connectivity index (χ2n) is 6.03. The van der Waals surface area contributed by atoms with Crippen LogP contribution in [0.25, 0.3) is 0 Å². The number of fused-ring (bicyclic) bond motifs is 1. The fraction of sp³-hybridized carbons (Fsp3) is 0.250. The molecule has 1 aliphatic rings. The Kier molecular flexibility index (Phi) is 5.63. The van der Waals surface area contributed by atoms with Gasteiger partial charge in [-0.15, -0.1) is 0 Å². The van der Waals surface area contributed by atoms with Gasteiger partial charge in [0.05, 0.1) is 25.4 Å². The maximum Gasteiger partial charge on any atom is 0.338 e. The van der Waals surface area contributed by atoms with E-state index >= 15 is 0 Å². The van der Waals surface area contributed by atoms with Crippen LogP contribution in [0, 0.1) is 0 Å². The lowest BCUT2D eigenvalue weighted by atomic mass is 10.0. The van der Waals surface area contributed by atoms with Crippen molar-refractivity contribution in [3.8, 4) is 0 Å². The van der Waals surface area contributed by atoms with Crippen LogP contribution in [-0.2, 0) is 16.0 Å². The first-order valence-corrected chi connectivity index (χ1v) is 8.51. The van der Waals surface area contributed by atoms with E-state index in [1.807, 2.05) is 18.2 Å². The van der Waals surface area contributed by atoms with Gasteiger partial charge in [-0.05, 0) is 30.5 Å². The van der Waals surface area contributed by atoms with Gasteiger partial charge in [-0.25, -0.2) is 10.2 Å². The van der Waals surface area contributed by atoms with Crippen molar-refractivity contribution in [3.05, 3.63) is 65.2 Å². The van der Waals surface area contributed by atoms with Gasteiger partial charge < -0.3 is 9.64 Å². The summed E-state index contributed by atoms with van der Waals surface area (Å²) < 4.78 is 4.74. The van der Waals surface area contributed by atoms with E-state index < -0.39 is 5.97 Å². The van der Waals surface area contributed by atoms with Gasteiger partial charge in [0.25, 0.3) is 5.91 Å². The van der Waals surface area contributed by atoms with Gasteiger partial charge >= 0.3 is 5.97 Å². The Morgan fingerprint density at radius 2 is 1.96 bits per heavy atom. The van der Waals surface area contributed by atoms with Gasteiger partial charge in [-0.3, -0.25) is 4.79 Å². The number of hydrogen-bond donors (Lipinski definition) is 1. The number of benzene rings is 2. The number of hydrazone groups is 1. The van der Waals surface area contributed by atoms with Gasteiger partial charge in [0, 0.05) is 17.8 Å². The molecule has 0 spiro atoms. The summed E-state index contributed by atoms with van der Waals surface area (Å²) in [4.78, 5) is 26.0. The van der Waals surface area contributed by atoms with Crippen molar-refractivity contribution in [2.45, 2.75) is 12.8 Å². The number of carbonyl (C=O) groups is 2. The normalized spacial score (nSPS) is 13.3. The third kappa shape index (κ3) is 4.08. The molecule has 26 heavy (non-hydrogen) atoms. The first kappa shape index (κ1) is 17.7. The zero-order valence-corrected chi connectivity index (χ0v) is 14.6. The zero-order valence-electron chi connectivity index (χ0n) is 14.6. The predicted octanol–water partition coefficient (Wildman–Crippen LogP) is 2.38. The molecule has 6 heteroatoms. The van der Waals surface area contributed by atoms with E-state index in [2.05, 4.69) is 21.5 Å². The number of rotatable bonds is 5. The van der Waals surface area contributed by atoms with E-state index in [0.717, 1.165) is 25.1 Å². The van der Waals surface area contributed by atoms with Gasteiger partial charge in [-0.1, -0.05) is 36.4 Å². The van der Waals surface area contributed by atoms with Crippen molar-refractivity contribution < 1.29 is 14.3 Å². The molecule has 0 fully saturated rings. The predicted molar refractivity (Wildman–Crippen MR) is 100 cm³/mol. The van der Waals surface area contributed by atoms with E-state index in [9.17, 15) is 9.59 Å². The molecule has 1 heterocycles. The van der Waals surface area contributed by atoms with E-state index in [0.29, 0.717) is 11.1 Å². The standard InChI is InChI=1S/C20H21N3O3/c1-26-20(25)17-10-4-2-8-16(17)13-21-22-19(24)14-23-12-6-9-15-7-3-5-11-18(15)23/h2-5,7-8,10-11,13H,6,9,12,14H2,1H3,(H,22,24)/b21-13-. The lowest BCUT2D eigenvalue weighted by molar-refractivity contribution is -0.119. The minimum atomic E-state index is -0.441. The van der Waals surface area contributed by atoms with Crippen LogP contribution in [0.15, 0.2) is 53.6 Å². The van der Waals surface area contributed by atoms with E-state index in [-0.39, 0.29) is 12.5 Å². The van der Waals surface area contributed by atoms with Crippen LogP contribution in [0.3, 0.4) is 0 Å². The van der Waals surface area contributed by atoms with Crippen molar-refractivity contribution in [1.82, 2.24) is 5.43 Å². The van der Waals surface area contributed by atoms with Gasteiger partial charge in [0.15, 0.2) is 0 Å². The maximum atomic E-state index is 12.2. The number of methoxy groups -OCH3 is 1. The fourth-order valence-corrected chi connectivity index (χ4v) is 3.06. The number of ether oxygens (including phenoxy) is 1. The summed E-state index contributed by atoms with van der Waals surface area (Å²) in [6, 6.07) is 15.1. The number of nitrogens with zero attached hydrogens (tertiary/aromatic N) is 2. The van der Waals surface area contributed by atoms with E-state index in [4.69, 9.17) is 4.74 Å². The second-order valence-corrected chi connectivity index (χ2v) is 6.03. The molecular weight excluding hydrogens is 330 g/mol. The number of amides is 1. The van der Waals surface area contributed by atoms with E-state index in [1.165, 1.54) is 18.9 Å². The molecule has 2 aromatic rings. The summed E-state index contributed by atoms with van der Waals surface area (Å²) in [7, 11) is 1.33. The highest BCUT2D eigenvalue weighted by atomic mass is 16.5. The third-order valence-corrected chi connectivity index (χ3v) is 4.30. The van der Waals surface area contributed by atoms with Crippen molar-refractivity contribution in [3.63, 3.8) is 0 Å². The first-order chi connectivity index (χ1) is 12.7. The highest BCUT2D eigenvalue weighted by molar-refractivity contribution is 5.99. The molecule has 3 rings (SSSR count). The molecule has 0 saturated carbocycles. The number of anilines is 1. The molecule has 6 nitrogen and oxygen atoms in total. The molecule has 1 amide bonds. The summed E-state index contributed by atoms with van der Waals surface area (Å²) in [6.07, 6.45) is 3.52. The maximum absolute atomic E-state index is 12.2. The largest absolute Gasteiger partial charge is 0.465 e. The third-order valence-electron chi connectivity index (χ3n) is 4.30. The van der Waals surface area contributed by atoms with Crippen LogP contribution >= 0.6 is 0 Å². The Morgan fingerprint density at radius 1 is 1.19 bits per heavy atom. The molecule has 134 valence electrons. The van der Waals surface area contributed by atoms with Gasteiger partial charge in [-0.2, -0.15) is 5.10 Å². The Hall–Kier alpha value is -3.15. The Labute approximate surface area is 152 Å². The number of aryl methyl sites for hydroxylation is 1. The zero-order chi connectivity index (χ0) is 18.4. The molecule has 1 aliphatic heterocycles. The van der Waals surface area contributed by atoms with Crippen LogP contribution in [0.2, 0.25) is 0 Å². The Morgan fingerprint density at radius 3 is 2.81 bits per heavy atom. The van der Waals surface area contributed by atoms with Gasteiger partial charge in [0.1, 0.15) is 0 Å². The summed E-state index contributed by atoms with van der Waals surface area (Å²) in [6.45, 7) is 1.09. The monoisotopic (exact) mass is 351 g/mol. The SMILES string of the molecule is COC(=O)c1ccccc1/C=N\NC(=O)CN1CCCc2ccccc21. The lowest BCUT2D eigenvalue weighted by Gasteiger charge is -2.30. The summed E-state index contributed by atoms with van der Waals surface area (Å²) in [5.41, 5.74) is 5.89. The minimum Gasteiger partial charge on any atom is -0.465 e. The molecule has 0 unspecified atom stereocenters. The van der Waals surface area contributed by atoms with Crippen molar-refractivity contribution >= 4 is 23.8 Å². The molecule has 0 saturated heterocycles. The molecule has 0 atom stereocenters. The summed E-state index contributed by atoms with van der Waals surface area (Å²) in [5, 5.41) is 3.98. The quantitative estimate of drug-likeness (QED) is 0.510. The summed E-state index contributed by atoms with van der Waals surface area (Å²) in [5.74, 6) is -0.642. The minimum absolute atomic E-state index is 0.200. The fourth-order valence-electron chi connectivity index (χ4n) is 3.06. The molecule has 0 aliphatic carbocycles. The van der Waals surface area contributed by atoms with Gasteiger partial charge in [0.2, 0.25) is 0 Å². The Bertz CT molecular complexity index is 833. The molecular formula is C20H21N3O3. The van der Waals surface area contributed by atoms with Crippen LogP contribution in [0.5, 0.6) is 0 Å². The van der Waals surface area contributed by atoms with E-state index in [1.54, 1.807) is 24.3 Å². The van der Waals surface area contributed by atoms with Crippen molar-refractivity contribution in [2.75, 3.05) is 25.1 Å². The number of nitrogens with one attached hydrogen (secondary N) is 1. The van der Waals surface area contributed by atoms with Crippen LogP contribution in [-0.4, -0.2) is 38.3 Å². The van der Waals surface area contributed by atoms with Crippen molar-refractivity contribution in [1.29, 1.82) is 0 Å². The first-order valence-electron chi connectivity index (χ1n) is 8.51. The van der Waals surface area contributed by atoms with Crippen LogP contribution in [0.1, 0.15) is 27.9 Å². The molecule has 2 aromatic carbocycles. The average Bonchev–Trinajstić information content (AvgIpc) is 2.68. The van der Waals surface area contributed by atoms with Crippen LogP contribution in [0.4, 0.5) is 5.69 Å². The smallest absolute Gasteiger partial charge is 0.338 e. The van der Waals surface area contributed by atoms with Crippen molar-refractivity contribution in [2.24, 2.45) is 5.10 Å².